The fraction of sp³-hybridized carbons (Fsp3) is 0.0208. The summed E-state index contributed by atoms with van der Waals surface area (Å²) in [5, 5.41) is 13.6. The summed E-state index contributed by atoms with van der Waals surface area (Å²) in [5.41, 5.74) is 9.58. The van der Waals surface area contributed by atoms with Crippen LogP contribution in [0.2, 0.25) is 0 Å². The predicted molar refractivity (Wildman–Crippen MR) is 223 cm³/mol. The number of para-hydroxylation sites is 2. The monoisotopic (exact) mass is 695 g/mol. The van der Waals surface area contributed by atoms with E-state index >= 15 is 0 Å². The van der Waals surface area contributed by atoms with E-state index in [2.05, 4.69) is 174 Å². The van der Waals surface area contributed by atoms with Gasteiger partial charge in [0, 0.05) is 42.6 Å². The van der Waals surface area contributed by atoms with E-state index in [0.29, 0.717) is 0 Å². The summed E-state index contributed by atoms with van der Waals surface area (Å²) >= 11 is 1.85. The SMILES string of the molecule is c1ccc(-c2cc(C3NC(n4c5ccccc5c5ccc6c7ccccc7sc6c54)=Nc4ccccc43)cc3oc4cc5ccccc5cc4c23)cc1. The minimum absolute atomic E-state index is 0.185. The number of furan rings is 1. The van der Waals surface area contributed by atoms with Crippen LogP contribution in [-0.4, -0.2) is 10.5 Å². The second-order valence-electron chi connectivity index (χ2n) is 14.0. The number of nitrogens with zero attached hydrogens (tertiary/aromatic N) is 2. The lowest BCUT2D eigenvalue weighted by molar-refractivity contribution is 0.665. The molecule has 0 saturated carbocycles. The number of benzene rings is 8. The van der Waals surface area contributed by atoms with Crippen molar-refractivity contribution < 1.29 is 4.42 Å². The van der Waals surface area contributed by atoms with Crippen molar-refractivity contribution in [2.24, 2.45) is 4.99 Å². The predicted octanol–water partition coefficient (Wildman–Crippen LogP) is 13.1. The Balaban J connectivity index is 1.12. The molecule has 5 heteroatoms. The Morgan fingerprint density at radius 1 is 0.585 bits per heavy atom. The van der Waals surface area contributed by atoms with Crippen molar-refractivity contribution in [1.82, 2.24) is 9.88 Å². The van der Waals surface area contributed by atoms with Gasteiger partial charge in [0.2, 0.25) is 5.96 Å². The van der Waals surface area contributed by atoms with Crippen LogP contribution >= 0.6 is 11.3 Å². The van der Waals surface area contributed by atoms with Gasteiger partial charge in [-0.15, -0.1) is 11.3 Å². The zero-order valence-corrected chi connectivity index (χ0v) is 29.2. The van der Waals surface area contributed by atoms with Crippen LogP contribution in [0.3, 0.4) is 0 Å². The zero-order chi connectivity index (χ0) is 34.6. The van der Waals surface area contributed by atoms with Gasteiger partial charge in [-0.25, -0.2) is 4.99 Å². The largest absolute Gasteiger partial charge is 0.456 e. The molecule has 0 saturated heterocycles. The van der Waals surface area contributed by atoms with Crippen molar-refractivity contribution in [2.75, 3.05) is 0 Å². The van der Waals surface area contributed by atoms with Crippen LogP contribution in [0.5, 0.6) is 0 Å². The minimum atomic E-state index is -0.185. The fourth-order valence-corrected chi connectivity index (χ4v) is 9.88. The summed E-state index contributed by atoms with van der Waals surface area (Å²) in [4.78, 5) is 5.38. The van der Waals surface area contributed by atoms with E-state index in [0.717, 1.165) is 61.4 Å². The van der Waals surface area contributed by atoms with E-state index in [1.54, 1.807) is 0 Å². The summed E-state index contributed by atoms with van der Waals surface area (Å²) in [6.45, 7) is 0. The summed E-state index contributed by atoms with van der Waals surface area (Å²) in [5.74, 6) is 0.807. The average molecular weight is 696 g/mol. The quantitative estimate of drug-likeness (QED) is 0.196. The molecule has 4 heterocycles. The van der Waals surface area contributed by atoms with E-state index in [1.807, 2.05) is 11.3 Å². The van der Waals surface area contributed by atoms with Gasteiger partial charge in [-0.1, -0.05) is 121 Å². The van der Waals surface area contributed by atoms with E-state index < -0.39 is 0 Å². The van der Waals surface area contributed by atoms with Crippen LogP contribution in [0, 0.1) is 0 Å². The molecule has 0 fully saturated rings. The van der Waals surface area contributed by atoms with Crippen LogP contribution in [0.25, 0.3) is 85.8 Å². The Morgan fingerprint density at radius 3 is 2.23 bits per heavy atom. The molecule has 1 unspecified atom stereocenters. The molecule has 12 rings (SSSR count). The second kappa shape index (κ2) is 10.9. The number of hydrogen-bond donors (Lipinski definition) is 1. The first kappa shape index (κ1) is 28.9. The van der Waals surface area contributed by atoms with Crippen molar-refractivity contribution in [2.45, 2.75) is 6.04 Å². The third kappa shape index (κ3) is 4.20. The molecule has 1 aliphatic rings. The molecule has 0 aliphatic carbocycles. The Labute approximate surface area is 307 Å². The Morgan fingerprint density at radius 2 is 1.32 bits per heavy atom. The van der Waals surface area contributed by atoms with Crippen LogP contribution in [-0.2, 0) is 0 Å². The van der Waals surface area contributed by atoms with Crippen molar-refractivity contribution in [3.05, 3.63) is 175 Å². The van der Waals surface area contributed by atoms with Crippen LogP contribution in [0.15, 0.2) is 173 Å². The summed E-state index contributed by atoms with van der Waals surface area (Å²) in [6.07, 6.45) is 0. The van der Waals surface area contributed by atoms with Gasteiger partial charge in [0.1, 0.15) is 11.2 Å². The lowest BCUT2D eigenvalue weighted by atomic mass is 9.90. The topological polar surface area (TPSA) is 42.5 Å². The first-order chi connectivity index (χ1) is 26.3. The molecule has 0 spiro atoms. The van der Waals surface area contributed by atoms with Gasteiger partial charge in [-0.2, -0.15) is 0 Å². The third-order valence-electron chi connectivity index (χ3n) is 11.0. The highest BCUT2D eigenvalue weighted by atomic mass is 32.1. The van der Waals surface area contributed by atoms with Gasteiger partial charge in [-0.3, -0.25) is 4.57 Å². The van der Waals surface area contributed by atoms with Gasteiger partial charge >= 0.3 is 0 Å². The molecule has 11 aromatic rings. The molecule has 1 N–H and O–H groups in total. The van der Waals surface area contributed by atoms with E-state index in [9.17, 15) is 0 Å². The Kier molecular flexibility index (Phi) is 5.96. The second-order valence-corrected chi connectivity index (χ2v) is 15.0. The van der Waals surface area contributed by atoms with E-state index in [4.69, 9.17) is 9.41 Å². The van der Waals surface area contributed by atoms with Gasteiger partial charge < -0.3 is 9.73 Å². The first-order valence-electron chi connectivity index (χ1n) is 18.0. The molecule has 248 valence electrons. The maximum Gasteiger partial charge on any atom is 0.209 e. The van der Waals surface area contributed by atoms with Crippen molar-refractivity contribution in [3.63, 3.8) is 0 Å². The molecule has 0 bridgehead atoms. The van der Waals surface area contributed by atoms with Gasteiger partial charge in [0.25, 0.3) is 0 Å². The lowest BCUT2D eigenvalue weighted by Crippen LogP contribution is -2.36. The number of hydrogen-bond acceptors (Lipinski definition) is 4. The van der Waals surface area contributed by atoms with Crippen molar-refractivity contribution in [3.8, 4) is 11.1 Å². The Hall–Kier alpha value is -6.69. The van der Waals surface area contributed by atoms with Crippen LogP contribution in [0.1, 0.15) is 17.2 Å². The minimum Gasteiger partial charge on any atom is -0.456 e. The zero-order valence-electron chi connectivity index (χ0n) is 28.4. The van der Waals surface area contributed by atoms with Crippen molar-refractivity contribution >= 4 is 97.7 Å². The molecule has 8 aromatic carbocycles. The molecule has 53 heavy (non-hydrogen) atoms. The fourth-order valence-electron chi connectivity index (χ4n) is 8.64. The molecular weight excluding hydrogens is 667 g/mol. The Bertz CT molecular complexity index is 3330. The highest BCUT2D eigenvalue weighted by Gasteiger charge is 2.29. The number of rotatable bonds is 2. The molecule has 1 aliphatic heterocycles. The van der Waals surface area contributed by atoms with Crippen LogP contribution in [0.4, 0.5) is 5.69 Å². The standard InChI is InChI=1S/C48H29N3OS/c1-2-12-28(13-3-1)37-25-31(27-42-44(37)38-24-29-14-4-5-15-30(29)26-41(38)52-42)45-36-18-6-9-19-39(36)49-48(50-45)51-40-20-10-7-16-32(40)34-22-23-35-33-17-8-11-21-43(33)53-47(35)46(34)51/h1-27,45H,(H,49,50). The summed E-state index contributed by atoms with van der Waals surface area (Å²) < 4.78 is 11.7. The van der Waals surface area contributed by atoms with Gasteiger partial charge in [0.15, 0.2) is 0 Å². The number of aromatic nitrogens is 1. The van der Waals surface area contributed by atoms with E-state index in [1.165, 1.54) is 47.2 Å². The molecule has 0 radical (unpaired) electrons. The van der Waals surface area contributed by atoms with Gasteiger partial charge in [0.05, 0.1) is 27.5 Å². The smallest absolute Gasteiger partial charge is 0.209 e. The maximum absolute atomic E-state index is 6.77. The van der Waals surface area contributed by atoms with Gasteiger partial charge in [-0.05, 0) is 69.9 Å². The van der Waals surface area contributed by atoms with E-state index in [-0.39, 0.29) is 6.04 Å². The summed E-state index contributed by atoms with van der Waals surface area (Å²) in [7, 11) is 0. The molecule has 4 nitrogen and oxygen atoms in total. The summed E-state index contributed by atoms with van der Waals surface area (Å²) in [6, 6.07) is 58.6. The first-order valence-corrected chi connectivity index (χ1v) is 18.8. The average Bonchev–Trinajstić information content (AvgIpc) is 3.89. The highest BCUT2D eigenvalue weighted by Crippen LogP contribution is 2.45. The number of thiophene rings is 1. The molecule has 1 atom stereocenters. The van der Waals surface area contributed by atoms with Crippen LogP contribution < -0.4 is 5.32 Å². The number of aliphatic imine (C=N–C) groups is 1. The molecule has 0 amide bonds. The van der Waals surface area contributed by atoms with Crippen molar-refractivity contribution in [1.29, 1.82) is 0 Å². The lowest BCUT2D eigenvalue weighted by Gasteiger charge is -2.29. The highest BCUT2D eigenvalue weighted by molar-refractivity contribution is 7.26. The number of fused-ring (bicyclic) bond motifs is 12. The molecular formula is C48H29N3OS. The normalized spacial score (nSPS) is 14.5. The third-order valence-corrected chi connectivity index (χ3v) is 12.2. The number of nitrogens with one attached hydrogen (secondary N) is 1. The maximum atomic E-state index is 6.77. The molecule has 3 aromatic heterocycles.